The molecule has 0 amide bonds. The largest absolute Gasteiger partial charge is 0.464 e. The van der Waals surface area contributed by atoms with E-state index in [9.17, 15) is 0 Å². The summed E-state index contributed by atoms with van der Waals surface area (Å²) in [6.07, 6.45) is 7.67. The fourth-order valence-corrected chi connectivity index (χ4v) is 6.83. The minimum Gasteiger partial charge on any atom is -0.464 e. The van der Waals surface area contributed by atoms with Gasteiger partial charge in [-0.1, -0.05) is 146 Å². The van der Waals surface area contributed by atoms with Gasteiger partial charge in [-0.15, -0.1) is 0 Å². The molecule has 2 unspecified atom stereocenters. The van der Waals surface area contributed by atoms with Gasteiger partial charge in [0.15, 0.2) is 12.1 Å². The van der Waals surface area contributed by atoms with E-state index in [1.807, 2.05) is 42.5 Å². The maximum absolute atomic E-state index is 6.58. The van der Waals surface area contributed by atoms with Crippen molar-refractivity contribution in [2.24, 2.45) is 5.92 Å². The quantitative estimate of drug-likeness (QED) is 0.212. The summed E-state index contributed by atoms with van der Waals surface area (Å²) >= 11 is 0. The average Bonchev–Trinajstić information content (AvgIpc) is 3.60. The smallest absolute Gasteiger partial charge is 0.196 e. The minimum absolute atomic E-state index is 0.169. The first-order valence-electron chi connectivity index (χ1n) is 16.1. The summed E-state index contributed by atoms with van der Waals surface area (Å²) in [6.45, 7) is 0. The van der Waals surface area contributed by atoms with Crippen LogP contribution in [0.2, 0.25) is 0 Å². The van der Waals surface area contributed by atoms with Crippen LogP contribution < -0.4 is 5.32 Å². The molecule has 9 rings (SSSR count). The highest BCUT2D eigenvalue weighted by molar-refractivity contribution is 5.87. The molecule has 4 nitrogen and oxygen atoms in total. The van der Waals surface area contributed by atoms with Gasteiger partial charge in [0.25, 0.3) is 0 Å². The van der Waals surface area contributed by atoms with E-state index in [0.29, 0.717) is 11.7 Å². The lowest BCUT2D eigenvalue weighted by Gasteiger charge is -2.27. The third kappa shape index (κ3) is 5.04. The number of nitrogens with one attached hydrogen (secondary N) is 1. The lowest BCUT2D eigenvalue weighted by atomic mass is 9.78. The SMILES string of the molecule is C1=CC2CC=C3NC(c4ccccc4)OC3=C2c2ccc(-c3ccc(-c4nc(-c5ccccc5)cc(-c5ccccc5)n4)cc3)cc21. The first-order valence-corrected chi connectivity index (χ1v) is 16.1. The van der Waals surface area contributed by atoms with Gasteiger partial charge >= 0.3 is 0 Å². The molecule has 1 aliphatic heterocycles. The maximum atomic E-state index is 6.58. The van der Waals surface area contributed by atoms with E-state index >= 15 is 0 Å². The predicted molar refractivity (Wildman–Crippen MR) is 189 cm³/mol. The van der Waals surface area contributed by atoms with E-state index in [4.69, 9.17) is 14.7 Å². The van der Waals surface area contributed by atoms with Gasteiger partial charge in [0, 0.05) is 33.7 Å². The van der Waals surface area contributed by atoms with Gasteiger partial charge in [-0.3, -0.25) is 0 Å². The highest BCUT2D eigenvalue weighted by atomic mass is 16.5. The molecule has 5 aromatic carbocycles. The number of ether oxygens (including phenoxy) is 1. The molecule has 0 saturated carbocycles. The standard InChI is InChI=1S/C43H31N3O/c1-4-10-29(11-5-1)38-27-39(30-12-6-2-7-13-30)45-42(44-38)32-19-16-28(17-20-32)34-22-24-36-35(26-34)21-18-31-23-25-37-41(40(31)36)47-43(46-37)33-14-8-3-9-15-33/h1-22,24-27,31,43,46H,23H2. The number of benzene rings is 5. The second-order valence-electron chi connectivity index (χ2n) is 12.2. The van der Waals surface area contributed by atoms with Gasteiger partial charge in [-0.2, -0.15) is 0 Å². The third-order valence-corrected chi connectivity index (χ3v) is 9.25. The Morgan fingerprint density at radius 1 is 0.596 bits per heavy atom. The number of nitrogens with zero attached hydrogens (tertiary/aromatic N) is 2. The summed E-state index contributed by atoms with van der Waals surface area (Å²) in [6, 6.07) is 48.4. The summed E-state index contributed by atoms with van der Waals surface area (Å²) in [5.74, 6) is 2.00. The third-order valence-electron chi connectivity index (χ3n) is 9.25. The number of aromatic nitrogens is 2. The van der Waals surface area contributed by atoms with Crippen LogP contribution in [0.15, 0.2) is 163 Å². The van der Waals surface area contributed by atoms with Crippen LogP contribution in [-0.4, -0.2) is 9.97 Å². The van der Waals surface area contributed by atoms with Crippen molar-refractivity contribution in [3.8, 4) is 45.0 Å². The molecule has 1 saturated heterocycles. The van der Waals surface area contributed by atoms with Gasteiger partial charge in [0.1, 0.15) is 5.76 Å². The van der Waals surface area contributed by atoms with Crippen LogP contribution in [0.3, 0.4) is 0 Å². The minimum atomic E-state index is -0.169. The van der Waals surface area contributed by atoms with Crippen molar-refractivity contribution in [1.82, 2.24) is 15.3 Å². The molecule has 1 aromatic heterocycles. The second-order valence-corrected chi connectivity index (χ2v) is 12.2. The summed E-state index contributed by atoms with van der Waals surface area (Å²) < 4.78 is 6.58. The summed E-state index contributed by atoms with van der Waals surface area (Å²) in [5, 5.41) is 3.60. The van der Waals surface area contributed by atoms with Gasteiger partial charge in [-0.05, 0) is 40.8 Å². The molecule has 2 heterocycles. The number of hydrogen-bond acceptors (Lipinski definition) is 4. The zero-order valence-corrected chi connectivity index (χ0v) is 25.7. The zero-order valence-electron chi connectivity index (χ0n) is 25.7. The number of hydrogen-bond donors (Lipinski definition) is 1. The van der Waals surface area contributed by atoms with E-state index in [-0.39, 0.29) is 6.23 Å². The molecule has 2 aliphatic carbocycles. The Balaban J connectivity index is 1.04. The summed E-state index contributed by atoms with van der Waals surface area (Å²) in [5.41, 5.74) is 13.2. The van der Waals surface area contributed by atoms with E-state index in [2.05, 4.69) is 121 Å². The molecule has 2 atom stereocenters. The molecule has 4 heteroatoms. The van der Waals surface area contributed by atoms with Crippen LogP contribution in [0.4, 0.5) is 0 Å². The molecule has 1 fully saturated rings. The molecular formula is C43H31N3O. The molecule has 0 spiro atoms. The first-order chi connectivity index (χ1) is 23.3. The van der Waals surface area contributed by atoms with Gasteiger partial charge in [0.05, 0.1) is 17.1 Å². The van der Waals surface area contributed by atoms with Crippen molar-refractivity contribution in [2.45, 2.75) is 12.6 Å². The Kier molecular flexibility index (Phi) is 6.64. The first kappa shape index (κ1) is 27.3. The van der Waals surface area contributed by atoms with E-state index in [1.165, 1.54) is 22.3 Å². The Hall–Kier alpha value is -6.00. The van der Waals surface area contributed by atoms with Gasteiger partial charge in [-0.25, -0.2) is 9.97 Å². The van der Waals surface area contributed by atoms with E-state index < -0.39 is 0 Å². The lowest BCUT2D eigenvalue weighted by molar-refractivity contribution is 0.148. The molecule has 0 bridgehead atoms. The lowest BCUT2D eigenvalue weighted by Crippen LogP contribution is -2.15. The van der Waals surface area contributed by atoms with Crippen molar-refractivity contribution in [3.63, 3.8) is 0 Å². The molecule has 6 aromatic rings. The summed E-state index contributed by atoms with van der Waals surface area (Å²) in [7, 11) is 0. The van der Waals surface area contributed by atoms with Crippen LogP contribution >= 0.6 is 0 Å². The fourth-order valence-electron chi connectivity index (χ4n) is 6.83. The van der Waals surface area contributed by atoms with Crippen molar-refractivity contribution in [2.75, 3.05) is 0 Å². The number of rotatable bonds is 5. The Bertz CT molecular complexity index is 2140. The van der Waals surface area contributed by atoms with Crippen molar-refractivity contribution < 1.29 is 4.74 Å². The molecule has 3 aliphatic rings. The molecule has 47 heavy (non-hydrogen) atoms. The fraction of sp³-hybridized carbons (Fsp3) is 0.0698. The number of allylic oxidation sites excluding steroid dienone is 3. The van der Waals surface area contributed by atoms with Gasteiger partial charge < -0.3 is 10.1 Å². The molecule has 224 valence electrons. The zero-order chi connectivity index (χ0) is 31.2. The van der Waals surface area contributed by atoms with E-state index in [0.717, 1.165) is 57.1 Å². The van der Waals surface area contributed by atoms with Crippen LogP contribution in [0.25, 0.3) is 56.7 Å². The molecular weight excluding hydrogens is 574 g/mol. The van der Waals surface area contributed by atoms with Crippen LogP contribution in [0, 0.1) is 5.92 Å². The maximum Gasteiger partial charge on any atom is 0.196 e. The van der Waals surface area contributed by atoms with Crippen LogP contribution in [-0.2, 0) is 4.74 Å². The highest BCUT2D eigenvalue weighted by Crippen LogP contribution is 2.47. The normalized spacial score (nSPS) is 17.6. The van der Waals surface area contributed by atoms with E-state index in [1.54, 1.807) is 0 Å². The Morgan fingerprint density at radius 3 is 1.89 bits per heavy atom. The Morgan fingerprint density at radius 2 is 1.21 bits per heavy atom. The number of fused-ring (bicyclic) bond motifs is 4. The molecule has 1 N–H and O–H groups in total. The topological polar surface area (TPSA) is 47.0 Å². The second kappa shape index (κ2) is 11.4. The summed E-state index contributed by atoms with van der Waals surface area (Å²) in [4.78, 5) is 10.0. The van der Waals surface area contributed by atoms with Crippen LogP contribution in [0.5, 0.6) is 0 Å². The predicted octanol–water partition coefficient (Wildman–Crippen LogP) is 10.1. The van der Waals surface area contributed by atoms with Crippen LogP contribution in [0.1, 0.15) is 29.3 Å². The average molecular weight is 606 g/mol. The van der Waals surface area contributed by atoms with Gasteiger partial charge in [0.2, 0.25) is 0 Å². The van der Waals surface area contributed by atoms with Crippen molar-refractivity contribution in [3.05, 3.63) is 180 Å². The molecule has 0 radical (unpaired) electrons. The Labute approximate surface area is 274 Å². The highest BCUT2D eigenvalue weighted by Gasteiger charge is 2.35. The monoisotopic (exact) mass is 605 g/mol. The van der Waals surface area contributed by atoms with Crippen molar-refractivity contribution in [1.29, 1.82) is 0 Å². The van der Waals surface area contributed by atoms with Crippen molar-refractivity contribution >= 4 is 11.6 Å².